The van der Waals surface area contributed by atoms with Crippen LogP contribution in [0.5, 0.6) is 0 Å². The van der Waals surface area contributed by atoms with Crippen LogP contribution in [0.25, 0.3) is 17.0 Å². The second-order valence-corrected chi connectivity index (χ2v) is 8.66. The Morgan fingerprint density at radius 1 is 1.25 bits per heavy atom. The predicted molar refractivity (Wildman–Crippen MR) is 105 cm³/mol. The standard InChI is InChI=1S/C17H18F4N8O2S/c18-16(19)11-1-2-14-23-7-13(29(14)27-11)12-5-15(25-9-24-12)28-4-3-17(20,21)10(8-28)6-26-32(22,30)31/h1-2,5,7,9-10,16,26H,3-4,6,8H2,(H2,22,30,31)/t10-/m1/s1. The Kier molecular flexibility index (Phi) is 5.72. The summed E-state index contributed by atoms with van der Waals surface area (Å²) >= 11 is 0. The summed E-state index contributed by atoms with van der Waals surface area (Å²) in [7, 11) is -4.12. The van der Waals surface area contributed by atoms with Crippen molar-refractivity contribution in [2.75, 3.05) is 24.5 Å². The van der Waals surface area contributed by atoms with Crippen molar-refractivity contribution in [3.63, 3.8) is 0 Å². The number of nitrogens with two attached hydrogens (primary N) is 1. The van der Waals surface area contributed by atoms with Gasteiger partial charge in [0.1, 0.15) is 23.5 Å². The van der Waals surface area contributed by atoms with Gasteiger partial charge in [-0.15, -0.1) is 0 Å². The van der Waals surface area contributed by atoms with Crippen molar-refractivity contribution in [2.45, 2.75) is 18.8 Å². The van der Waals surface area contributed by atoms with Crippen molar-refractivity contribution in [1.29, 1.82) is 0 Å². The molecule has 172 valence electrons. The molecule has 15 heteroatoms. The third-order valence-corrected chi connectivity index (χ3v) is 5.70. The van der Waals surface area contributed by atoms with Crippen molar-refractivity contribution >= 4 is 21.7 Å². The van der Waals surface area contributed by atoms with Crippen LogP contribution in [0.15, 0.2) is 30.7 Å². The number of halogens is 4. The van der Waals surface area contributed by atoms with Crippen molar-refractivity contribution in [3.8, 4) is 11.4 Å². The minimum absolute atomic E-state index is 0.0315. The fraction of sp³-hybridized carbons (Fsp3) is 0.412. The molecule has 1 saturated heterocycles. The van der Waals surface area contributed by atoms with Gasteiger partial charge < -0.3 is 4.90 Å². The highest BCUT2D eigenvalue weighted by Crippen LogP contribution is 2.35. The van der Waals surface area contributed by atoms with Gasteiger partial charge in [-0.05, 0) is 12.1 Å². The number of anilines is 1. The van der Waals surface area contributed by atoms with Crippen LogP contribution in [0, 0.1) is 5.92 Å². The number of rotatable bonds is 6. The number of nitrogens with zero attached hydrogens (tertiary/aromatic N) is 6. The van der Waals surface area contributed by atoms with E-state index < -0.39 is 47.1 Å². The first-order chi connectivity index (χ1) is 15.0. The van der Waals surface area contributed by atoms with E-state index >= 15 is 0 Å². The lowest BCUT2D eigenvalue weighted by Gasteiger charge is -2.38. The lowest BCUT2D eigenvalue weighted by Crippen LogP contribution is -2.52. The van der Waals surface area contributed by atoms with Gasteiger partial charge in [0.05, 0.1) is 17.8 Å². The van der Waals surface area contributed by atoms with Crippen molar-refractivity contribution < 1.29 is 26.0 Å². The molecule has 0 aromatic carbocycles. The number of aromatic nitrogens is 5. The lowest BCUT2D eigenvalue weighted by atomic mass is 9.93. The number of hydrogen-bond acceptors (Lipinski definition) is 7. The molecule has 1 aliphatic heterocycles. The minimum atomic E-state index is -4.12. The molecule has 0 spiro atoms. The summed E-state index contributed by atoms with van der Waals surface area (Å²) in [5.74, 6) is -4.12. The molecule has 0 unspecified atom stereocenters. The zero-order valence-corrected chi connectivity index (χ0v) is 17.2. The number of imidazole rings is 1. The molecule has 0 radical (unpaired) electrons. The third kappa shape index (κ3) is 4.63. The largest absolute Gasteiger partial charge is 0.356 e. The molecular weight excluding hydrogens is 456 g/mol. The van der Waals surface area contributed by atoms with E-state index in [0.717, 1.165) is 0 Å². The van der Waals surface area contributed by atoms with Crippen LogP contribution in [0.4, 0.5) is 23.4 Å². The second kappa shape index (κ2) is 8.22. The topological polar surface area (TPSA) is 131 Å². The van der Waals surface area contributed by atoms with Crippen LogP contribution in [0.3, 0.4) is 0 Å². The van der Waals surface area contributed by atoms with Crippen LogP contribution >= 0.6 is 0 Å². The molecule has 4 rings (SSSR count). The summed E-state index contributed by atoms with van der Waals surface area (Å²) in [4.78, 5) is 14.0. The highest BCUT2D eigenvalue weighted by molar-refractivity contribution is 7.87. The number of hydrogen-bond donors (Lipinski definition) is 2. The Balaban J connectivity index is 1.62. The molecule has 3 aromatic rings. The molecule has 1 atom stereocenters. The van der Waals surface area contributed by atoms with Crippen LogP contribution in [-0.2, 0) is 10.2 Å². The highest BCUT2D eigenvalue weighted by Gasteiger charge is 2.44. The summed E-state index contributed by atoms with van der Waals surface area (Å²) in [6.45, 7) is -0.753. The Morgan fingerprint density at radius 2 is 2.03 bits per heavy atom. The minimum Gasteiger partial charge on any atom is -0.356 e. The van der Waals surface area contributed by atoms with E-state index in [4.69, 9.17) is 5.14 Å². The van der Waals surface area contributed by atoms with Gasteiger partial charge in [0.25, 0.3) is 22.6 Å². The fourth-order valence-corrected chi connectivity index (χ4v) is 3.89. The van der Waals surface area contributed by atoms with E-state index in [2.05, 4.69) is 20.1 Å². The normalized spacial score (nSPS) is 19.1. The highest BCUT2D eigenvalue weighted by atomic mass is 32.2. The average Bonchev–Trinajstić information content (AvgIpc) is 3.15. The summed E-state index contributed by atoms with van der Waals surface area (Å²) in [5, 5.41) is 8.74. The van der Waals surface area contributed by atoms with E-state index in [-0.39, 0.29) is 13.1 Å². The molecule has 32 heavy (non-hydrogen) atoms. The van der Waals surface area contributed by atoms with Crippen molar-refractivity contribution in [3.05, 3.63) is 36.4 Å². The van der Waals surface area contributed by atoms with E-state index in [1.807, 2.05) is 4.72 Å². The SMILES string of the molecule is NS(=O)(=O)NC[C@@H]1CN(c2cc(-c3cnc4ccc(C(F)F)nn34)ncn2)CCC1(F)F. The maximum absolute atomic E-state index is 14.3. The first-order valence-electron chi connectivity index (χ1n) is 9.39. The van der Waals surface area contributed by atoms with E-state index in [0.29, 0.717) is 22.9 Å². The Labute approximate surface area is 179 Å². The van der Waals surface area contributed by atoms with Gasteiger partial charge in [0, 0.05) is 32.1 Å². The average molecular weight is 474 g/mol. The van der Waals surface area contributed by atoms with Gasteiger partial charge in [0.2, 0.25) is 0 Å². The molecule has 0 bridgehead atoms. The number of fused-ring (bicyclic) bond motifs is 1. The first-order valence-corrected chi connectivity index (χ1v) is 10.9. The zero-order chi connectivity index (χ0) is 23.1. The second-order valence-electron chi connectivity index (χ2n) is 7.28. The lowest BCUT2D eigenvalue weighted by molar-refractivity contribution is -0.0695. The molecule has 0 aliphatic carbocycles. The van der Waals surface area contributed by atoms with Gasteiger partial charge in [-0.2, -0.15) is 13.5 Å². The molecule has 0 amide bonds. The zero-order valence-electron chi connectivity index (χ0n) is 16.4. The molecule has 3 N–H and O–H groups in total. The maximum atomic E-state index is 14.3. The summed E-state index contributed by atoms with van der Waals surface area (Å²) in [6, 6.07) is 4.08. The smallest absolute Gasteiger partial charge is 0.282 e. The Morgan fingerprint density at radius 3 is 2.75 bits per heavy atom. The summed E-state index contributed by atoms with van der Waals surface area (Å²) < 4.78 is 80.0. The number of piperidine rings is 1. The van der Waals surface area contributed by atoms with Gasteiger partial charge in [-0.25, -0.2) is 46.9 Å². The summed E-state index contributed by atoms with van der Waals surface area (Å²) in [6.07, 6.45) is -0.662. The fourth-order valence-electron chi connectivity index (χ4n) is 3.46. The maximum Gasteiger partial charge on any atom is 0.282 e. The van der Waals surface area contributed by atoms with Gasteiger partial charge in [-0.1, -0.05) is 0 Å². The molecular formula is C17H18F4N8O2S. The van der Waals surface area contributed by atoms with Crippen molar-refractivity contribution in [2.24, 2.45) is 11.1 Å². The first kappa shape index (κ1) is 22.3. The van der Waals surface area contributed by atoms with Crippen LogP contribution < -0.4 is 14.8 Å². The molecule has 4 heterocycles. The molecule has 1 aliphatic rings. The molecule has 3 aromatic heterocycles. The van der Waals surface area contributed by atoms with Gasteiger partial charge in [-0.3, -0.25) is 0 Å². The molecule has 0 saturated carbocycles. The van der Waals surface area contributed by atoms with E-state index in [9.17, 15) is 26.0 Å². The van der Waals surface area contributed by atoms with Gasteiger partial charge in [0.15, 0.2) is 5.65 Å². The van der Waals surface area contributed by atoms with Crippen LogP contribution in [-0.4, -0.2) is 58.5 Å². The van der Waals surface area contributed by atoms with Crippen LogP contribution in [0.1, 0.15) is 18.5 Å². The molecule has 10 nitrogen and oxygen atoms in total. The number of nitrogens with one attached hydrogen (secondary N) is 1. The van der Waals surface area contributed by atoms with E-state index in [1.54, 1.807) is 4.90 Å². The van der Waals surface area contributed by atoms with Crippen molar-refractivity contribution in [1.82, 2.24) is 29.3 Å². The summed E-state index contributed by atoms with van der Waals surface area (Å²) in [5.41, 5.74) is 0.518. The third-order valence-electron chi connectivity index (χ3n) is 5.13. The van der Waals surface area contributed by atoms with Gasteiger partial charge >= 0.3 is 0 Å². The monoisotopic (exact) mass is 474 g/mol. The molecule has 1 fully saturated rings. The van der Waals surface area contributed by atoms with E-state index in [1.165, 1.54) is 35.2 Å². The quantitative estimate of drug-likeness (QED) is 0.516. The Bertz CT molecular complexity index is 1240. The predicted octanol–water partition coefficient (Wildman–Crippen LogP) is 1.38. The Hall–Kier alpha value is -2.91. The number of alkyl halides is 4. The van der Waals surface area contributed by atoms with Crippen LogP contribution in [0.2, 0.25) is 0 Å².